The fourth-order valence-corrected chi connectivity index (χ4v) is 7.62. The summed E-state index contributed by atoms with van der Waals surface area (Å²) in [7, 11) is 1.86. The van der Waals surface area contributed by atoms with Crippen molar-refractivity contribution >= 4 is 11.6 Å². The van der Waals surface area contributed by atoms with Gasteiger partial charge in [0.25, 0.3) is 5.91 Å². The lowest BCUT2D eigenvalue weighted by Crippen LogP contribution is -2.22. The number of rotatable bonds is 3. The predicted molar refractivity (Wildman–Crippen MR) is 100 cm³/mol. The lowest BCUT2D eigenvalue weighted by Gasteiger charge is -2.29. The van der Waals surface area contributed by atoms with Gasteiger partial charge in [-0.2, -0.15) is 5.10 Å². The molecule has 26 heavy (non-hydrogen) atoms. The lowest BCUT2D eigenvalue weighted by molar-refractivity contribution is 0.102. The zero-order valence-electron chi connectivity index (χ0n) is 15.8. The summed E-state index contributed by atoms with van der Waals surface area (Å²) in [5, 5.41) is 7.53. The van der Waals surface area contributed by atoms with E-state index in [1.165, 1.54) is 24.0 Å². The van der Waals surface area contributed by atoms with Gasteiger partial charge < -0.3 is 5.32 Å². The van der Waals surface area contributed by atoms with Gasteiger partial charge in [0.05, 0.1) is 11.3 Å². The Morgan fingerprint density at radius 1 is 1.38 bits per heavy atom. The Balaban J connectivity index is 1.37. The van der Waals surface area contributed by atoms with Crippen molar-refractivity contribution in [3.63, 3.8) is 0 Å². The van der Waals surface area contributed by atoms with Crippen molar-refractivity contribution in [1.29, 1.82) is 0 Å². The molecule has 0 bridgehead atoms. The third-order valence-corrected chi connectivity index (χ3v) is 8.31. The molecule has 5 unspecified atom stereocenters. The van der Waals surface area contributed by atoms with Crippen LogP contribution in [0.3, 0.4) is 0 Å². The lowest BCUT2D eigenvalue weighted by atomic mass is 9.75. The molecule has 1 amide bonds. The van der Waals surface area contributed by atoms with E-state index in [1.807, 2.05) is 14.0 Å². The maximum absolute atomic E-state index is 12.8. The second-order valence-corrected chi connectivity index (χ2v) is 9.24. The van der Waals surface area contributed by atoms with Gasteiger partial charge in [0.15, 0.2) is 0 Å². The molecule has 0 saturated heterocycles. The first kappa shape index (κ1) is 15.0. The molecule has 134 valence electrons. The molecule has 1 aromatic carbocycles. The van der Waals surface area contributed by atoms with Crippen molar-refractivity contribution in [2.45, 2.75) is 45.4 Å². The second kappa shape index (κ2) is 4.24. The minimum absolute atomic E-state index is 0.0393. The molecule has 4 nitrogen and oxygen atoms in total. The molecule has 1 spiro atoms. The highest BCUT2D eigenvalue weighted by atomic mass is 16.1. The highest BCUT2D eigenvalue weighted by Crippen LogP contribution is 3.07. The maximum Gasteiger partial charge on any atom is 0.259 e. The largest absolute Gasteiger partial charge is 0.322 e. The number of aromatic nitrogens is 2. The Morgan fingerprint density at radius 2 is 2.19 bits per heavy atom. The van der Waals surface area contributed by atoms with Gasteiger partial charge in [-0.05, 0) is 71.5 Å². The third-order valence-electron chi connectivity index (χ3n) is 8.31. The van der Waals surface area contributed by atoms with Crippen LogP contribution in [0.4, 0.5) is 5.69 Å². The summed E-state index contributed by atoms with van der Waals surface area (Å²) >= 11 is 0. The first-order valence-corrected chi connectivity index (χ1v) is 9.89. The molecular formula is C22H25N3O. The Kier molecular flexibility index (Phi) is 2.45. The quantitative estimate of drug-likeness (QED) is 0.903. The van der Waals surface area contributed by atoms with E-state index in [9.17, 15) is 4.79 Å². The van der Waals surface area contributed by atoms with Crippen LogP contribution >= 0.6 is 0 Å². The van der Waals surface area contributed by atoms with Gasteiger partial charge in [-0.25, -0.2) is 0 Å². The van der Waals surface area contributed by atoms with Crippen LogP contribution in [0.1, 0.15) is 65.7 Å². The fraction of sp³-hybridized carbons (Fsp3) is 0.545. The molecular weight excluding hydrogens is 322 g/mol. The molecule has 0 radical (unpaired) electrons. The topological polar surface area (TPSA) is 46.9 Å². The Hall–Kier alpha value is -2.10. The van der Waals surface area contributed by atoms with Crippen LogP contribution in [-0.2, 0) is 7.05 Å². The standard InChI is InChI=1S/C22H25N3O/c1-11(2)21-9-8-15-17-13(18-19(21)22(15,18)21)6-5-7-16(17)23-20(26)14-10-25(4)24-12(14)3/h5-7,10-11,15,18-19H,8-9H2,1-4H3,(H,23,26). The van der Waals surface area contributed by atoms with Gasteiger partial charge in [0, 0.05) is 18.9 Å². The second-order valence-electron chi connectivity index (χ2n) is 9.24. The van der Waals surface area contributed by atoms with Gasteiger partial charge in [0.2, 0.25) is 0 Å². The number of nitrogens with one attached hydrogen (secondary N) is 1. The van der Waals surface area contributed by atoms with E-state index >= 15 is 0 Å². The van der Waals surface area contributed by atoms with Crippen molar-refractivity contribution in [3.8, 4) is 0 Å². The molecule has 2 aromatic rings. The van der Waals surface area contributed by atoms with Gasteiger partial charge in [0.1, 0.15) is 0 Å². The molecule has 0 aliphatic heterocycles. The Bertz CT molecular complexity index is 989. The highest BCUT2D eigenvalue weighted by molar-refractivity contribution is 6.05. The van der Waals surface area contributed by atoms with Gasteiger partial charge in [-0.15, -0.1) is 0 Å². The van der Waals surface area contributed by atoms with Crippen molar-refractivity contribution in [1.82, 2.24) is 9.78 Å². The van der Waals surface area contributed by atoms with Crippen LogP contribution in [0, 0.1) is 29.6 Å². The van der Waals surface area contributed by atoms with E-state index in [1.54, 1.807) is 10.9 Å². The van der Waals surface area contributed by atoms with Crippen molar-refractivity contribution in [2.24, 2.45) is 29.7 Å². The summed E-state index contributed by atoms with van der Waals surface area (Å²) in [5.74, 6) is 3.08. The van der Waals surface area contributed by atoms with Crippen molar-refractivity contribution in [3.05, 3.63) is 46.8 Å². The normalized spacial score (nSPS) is 37.3. The summed E-state index contributed by atoms with van der Waals surface area (Å²) in [6.07, 6.45) is 4.47. The molecule has 4 heteroatoms. The zero-order chi connectivity index (χ0) is 18.0. The molecule has 4 aliphatic carbocycles. The SMILES string of the molecule is Cc1nn(C)cc1C(=O)Nc1cccc2c1C1CCC3(C(C)C)C4C2C143. The number of amides is 1. The minimum Gasteiger partial charge on any atom is -0.322 e. The summed E-state index contributed by atoms with van der Waals surface area (Å²) < 4.78 is 1.70. The van der Waals surface area contributed by atoms with Crippen LogP contribution in [0.25, 0.3) is 0 Å². The van der Waals surface area contributed by atoms with Crippen molar-refractivity contribution < 1.29 is 4.79 Å². The predicted octanol–water partition coefficient (Wildman–Crippen LogP) is 4.23. The smallest absolute Gasteiger partial charge is 0.259 e. The number of carbonyl (C=O) groups excluding carboxylic acids is 1. The third kappa shape index (κ3) is 1.33. The molecule has 1 aromatic heterocycles. The minimum atomic E-state index is -0.0393. The summed E-state index contributed by atoms with van der Waals surface area (Å²) in [5.41, 5.74) is 6.60. The number of nitrogens with zero attached hydrogens (tertiary/aromatic N) is 2. The fourth-order valence-electron chi connectivity index (χ4n) is 7.62. The van der Waals surface area contributed by atoms with E-state index in [2.05, 4.69) is 42.5 Å². The molecule has 1 heterocycles. The van der Waals surface area contributed by atoms with E-state index in [4.69, 9.17) is 0 Å². The van der Waals surface area contributed by atoms with Crippen LogP contribution in [-0.4, -0.2) is 15.7 Å². The Labute approximate surface area is 154 Å². The summed E-state index contributed by atoms with van der Waals surface area (Å²) in [6.45, 7) is 6.72. The van der Waals surface area contributed by atoms with Crippen LogP contribution < -0.4 is 5.32 Å². The molecule has 5 atom stereocenters. The molecule has 4 aliphatic rings. The number of hydrogen-bond donors (Lipinski definition) is 1. The van der Waals surface area contributed by atoms with Crippen molar-refractivity contribution in [2.75, 3.05) is 5.32 Å². The average Bonchev–Trinajstić information content (AvgIpc) is 3.25. The van der Waals surface area contributed by atoms with Crippen LogP contribution in [0.5, 0.6) is 0 Å². The first-order valence-electron chi connectivity index (χ1n) is 9.89. The number of carbonyl (C=O) groups is 1. The molecule has 3 saturated carbocycles. The number of aryl methyl sites for hydroxylation is 2. The van der Waals surface area contributed by atoms with E-state index in [-0.39, 0.29) is 5.91 Å². The zero-order valence-corrected chi connectivity index (χ0v) is 15.8. The number of fused-ring (bicyclic) bond motifs is 5. The number of hydrogen-bond acceptors (Lipinski definition) is 2. The van der Waals surface area contributed by atoms with E-state index in [0.717, 1.165) is 29.1 Å². The summed E-state index contributed by atoms with van der Waals surface area (Å²) in [4.78, 5) is 12.8. The summed E-state index contributed by atoms with van der Waals surface area (Å²) in [6, 6.07) is 6.53. The molecule has 3 fully saturated rings. The van der Waals surface area contributed by atoms with Gasteiger partial charge in [-0.1, -0.05) is 26.0 Å². The number of benzene rings is 1. The maximum atomic E-state index is 12.8. The van der Waals surface area contributed by atoms with Crippen LogP contribution in [0.2, 0.25) is 0 Å². The number of anilines is 1. The average molecular weight is 347 g/mol. The van der Waals surface area contributed by atoms with Crippen LogP contribution in [0.15, 0.2) is 24.4 Å². The molecule has 6 rings (SSSR count). The highest BCUT2D eigenvalue weighted by Gasteiger charge is 3.00. The van der Waals surface area contributed by atoms with Gasteiger partial charge in [-0.3, -0.25) is 9.48 Å². The first-order chi connectivity index (χ1) is 12.4. The Morgan fingerprint density at radius 3 is 2.88 bits per heavy atom. The van der Waals surface area contributed by atoms with E-state index < -0.39 is 0 Å². The monoisotopic (exact) mass is 347 g/mol. The molecule has 1 N–H and O–H groups in total. The van der Waals surface area contributed by atoms with Gasteiger partial charge >= 0.3 is 0 Å². The van der Waals surface area contributed by atoms with E-state index in [0.29, 0.717) is 22.3 Å².